The van der Waals surface area contributed by atoms with E-state index in [0.717, 1.165) is 0 Å². The van der Waals surface area contributed by atoms with E-state index in [4.69, 9.17) is 9.49 Å². The van der Waals surface area contributed by atoms with Crippen LogP contribution in [-0.2, 0) is 0 Å². The van der Waals surface area contributed by atoms with Crippen LogP contribution < -0.4 is 9.49 Å². The maximum atomic E-state index is 5.01. The molecule has 0 aromatic heterocycles. The molecule has 0 saturated heterocycles. The minimum absolute atomic E-state index is 0.657. The van der Waals surface area contributed by atoms with Crippen molar-refractivity contribution in [1.29, 1.82) is 0 Å². The Bertz CT molecular complexity index is 247. The number of benzene rings is 1. The number of para-hydroxylation sites is 2. The Morgan fingerprint density at radius 1 is 1.20 bits per heavy atom. The fourth-order valence-electron chi connectivity index (χ4n) is 0.780. The Labute approximate surface area is 58.5 Å². The van der Waals surface area contributed by atoms with Gasteiger partial charge in [-0.3, -0.25) is 0 Å². The summed E-state index contributed by atoms with van der Waals surface area (Å²) in [6.07, 6.45) is 0. The van der Waals surface area contributed by atoms with Crippen LogP contribution in [0.25, 0.3) is 0 Å². The molecule has 10 heavy (non-hydrogen) atoms. The van der Waals surface area contributed by atoms with Crippen LogP contribution in [-0.4, -0.2) is 7.27 Å². The number of hydrogen-bond donors (Lipinski definition) is 0. The third-order valence-corrected chi connectivity index (χ3v) is 1.22. The first kappa shape index (κ1) is 5.47. The Morgan fingerprint density at radius 3 is 2.80 bits per heavy atom. The minimum atomic E-state index is 0.657. The Hall–Kier alpha value is -1.32. The summed E-state index contributed by atoms with van der Waals surface area (Å²) in [5.74, 6) is 1.36. The standard InChI is InChI=1S/C6H4BNO2/c1-2-4-6-5(3-1)9-7-8-10-6/h1-4H. The summed E-state index contributed by atoms with van der Waals surface area (Å²) in [6.45, 7) is 0. The summed E-state index contributed by atoms with van der Waals surface area (Å²) in [6, 6.07) is 7.36. The van der Waals surface area contributed by atoms with Crippen LogP contribution in [0.15, 0.2) is 29.3 Å². The molecule has 1 aromatic carbocycles. The van der Waals surface area contributed by atoms with E-state index < -0.39 is 0 Å². The van der Waals surface area contributed by atoms with Crippen LogP contribution in [0, 0.1) is 0 Å². The molecule has 1 aliphatic rings. The second-order valence-electron chi connectivity index (χ2n) is 1.87. The van der Waals surface area contributed by atoms with Crippen molar-refractivity contribution in [2.24, 2.45) is 5.06 Å². The van der Waals surface area contributed by atoms with Crippen LogP contribution in [0.5, 0.6) is 11.5 Å². The molecular weight excluding hydrogens is 129 g/mol. The Balaban J connectivity index is 2.47. The van der Waals surface area contributed by atoms with E-state index in [1.165, 1.54) is 7.27 Å². The average Bonchev–Trinajstić information content (AvgIpc) is 2.05. The van der Waals surface area contributed by atoms with E-state index in [-0.39, 0.29) is 0 Å². The molecule has 0 aliphatic carbocycles. The van der Waals surface area contributed by atoms with Crippen molar-refractivity contribution >= 4 is 7.27 Å². The summed E-state index contributed by atoms with van der Waals surface area (Å²) >= 11 is 0. The average molecular weight is 133 g/mol. The van der Waals surface area contributed by atoms with E-state index in [0.29, 0.717) is 11.5 Å². The molecule has 0 fully saturated rings. The molecule has 0 saturated carbocycles. The molecular formula is C6H4BNO2. The third kappa shape index (κ3) is 0.776. The number of hydrogen-bond acceptors (Lipinski definition) is 3. The van der Waals surface area contributed by atoms with Crippen molar-refractivity contribution in [3.8, 4) is 11.5 Å². The van der Waals surface area contributed by atoms with Gasteiger partial charge in [-0.25, -0.2) is 0 Å². The number of fused-ring (bicyclic) bond motifs is 1. The van der Waals surface area contributed by atoms with Crippen molar-refractivity contribution in [3.63, 3.8) is 0 Å². The first-order valence-electron chi connectivity index (χ1n) is 2.91. The van der Waals surface area contributed by atoms with Crippen molar-refractivity contribution in [2.75, 3.05) is 0 Å². The Kier molecular flexibility index (Phi) is 1.17. The molecule has 2 rings (SSSR count). The normalized spacial score (nSPS) is 12.4. The number of rotatable bonds is 0. The van der Waals surface area contributed by atoms with Crippen molar-refractivity contribution < 1.29 is 9.49 Å². The molecule has 48 valence electrons. The van der Waals surface area contributed by atoms with Gasteiger partial charge in [0, 0.05) is 0 Å². The first-order chi connectivity index (χ1) is 4.97. The van der Waals surface area contributed by atoms with E-state index in [2.05, 4.69) is 5.06 Å². The van der Waals surface area contributed by atoms with E-state index >= 15 is 0 Å². The van der Waals surface area contributed by atoms with Gasteiger partial charge in [0.2, 0.25) is 0 Å². The zero-order chi connectivity index (χ0) is 6.81. The molecule has 0 unspecified atom stereocenters. The molecule has 3 nitrogen and oxygen atoms in total. The molecule has 0 radical (unpaired) electrons. The fraction of sp³-hybridized carbons (Fsp3) is 0. The molecule has 0 N–H and O–H groups in total. The van der Waals surface area contributed by atoms with Crippen LogP contribution in [0.1, 0.15) is 0 Å². The monoisotopic (exact) mass is 133 g/mol. The summed E-state index contributed by atoms with van der Waals surface area (Å²) < 4.78 is 5.01. The van der Waals surface area contributed by atoms with Crippen LogP contribution in [0.2, 0.25) is 0 Å². The molecule has 1 aromatic rings. The molecule has 1 aliphatic heterocycles. The van der Waals surface area contributed by atoms with Gasteiger partial charge in [-0.05, 0) is 0 Å². The quantitative estimate of drug-likeness (QED) is 0.497. The van der Waals surface area contributed by atoms with E-state index in [1.54, 1.807) is 6.07 Å². The molecule has 0 amide bonds. The van der Waals surface area contributed by atoms with Gasteiger partial charge in [-0.15, -0.1) is 0 Å². The van der Waals surface area contributed by atoms with Crippen LogP contribution in [0.4, 0.5) is 0 Å². The van der Waals surface area contributed by atoms with E-state index in [9.17, 15) is 0 Å². The topological polar surface area (TPSA) is 30.8 Å². The van der Waals surface area contributed by atoms with Crippen molar-refractivity contribution in [3.05, 3.63) is 24.3 Å². The van der Waals surface area contributed by atoms with E-state index in [1.807, 2.05) is 18.2 Å². The summed E-state index contributed by atoms with van der Waals surface area (Å²) in [7, 11) is 1.27. The molecule has 0 spiro atoms. The molecule has 1 heterocycles. The van der Waals surface area contributed by atoms with Crippen molar-refractivity contribution in [2.45, 2.75) is 0 Å². The predicted octanol–water partition coefficient (Wildman–Crippen LogP) is 1.18. The predicted molar refractivity (Wildman–Crippen MR) is 35.9 cm³/mol. The maximum absolute atomic E-state index is 5.01. The second kappa shape index (κ2) is 2.13. The van der Waals surface area contributed by atoms with Gasteiger partial charge in [0.15, 0.2) is 0 Å². The molecule has 0 bridgehead atoms. The van der Waals surface area contributed by atoms with Gasteiger partial charge in [0.05, 0.1) is 0 Å². The van der Waals surface area contributed by atoms with Crippen LogP contribution >= 0.6 is 0 Å². The fourth-order valence-corrected chi connectivity index (χ4v) is 0.780. The number of nitrogens with zero attached hydrogens (tertiary/aromatic N) is 1. The van der Waals surface area contributed by atoms with Gasteiger partial charge < -0.3 is 0 Å². The third-order valence-electron chi connectivity index (χ3n) is 1.22. The summed E-state index contributed by atoms with van der Waals surface area (Å²) in [5, 5.41) is 3.47. The van der Waals surface area contributed by atoms with Crippen LogP contribution in [0.3, 0.4) is 0 Å². The summed E-state index contributed by atoms with van der Waals surface area (Å²) in [5.41, 5.74) is 0. The van der Waals surface area contributed by atoms with Gasteiger partial charge >= 0.3 is 57.6 Å². The SMILES string of the molecule is B1=NOc2ccccc2O1. The zero-order valence-corrected chi connectivity index (χ0v) is 5.15. The van der Waals surface area contributed by atoms with Gasteiger partial charge in [0.1, 0.15) is 0 Å². The zero-order valence-electron chi connectivity index (χ0n) is 5.15. The first-order valence-corrected chi connectivity index (χ1v) is 2.91. The molecule has 4 heteroatoms. The van der Waals surface area contributed by atoms with Gasteiger partial charge in [0.25, 0.3) is 0 Å². The van der Waals surface area contributed by atoms with Gasteiger partial charge in [-0.2, -0.15) is 0 Å². The second-order valence-corrected chi connectivity index (χ2v) is 1.87. The van der Waals surface area contributed by atoms with Crippen molar-refractivity contribution in [1.82, 2.24) is 0 Å². The van der Waals surface area contributed by atoms with Gasteiger partial charge in [-0.1, -0.05) is 0 Å². The Morgan fingerprint density at radius 2 is 2.00 bits per heavy atom. The molecule has 0 atom stereocenters. The summed E-state index contributed by atoms with van der Waals surface area (Å²) in [4.78, 5) is 4.87.